The fourth-order valence-corrected chi connectivity index (χ4v) is 36.9. The van der Waals surface area contributed by atoms with Gasteiger partial charge in [-0.1, -0.05) is 298 Å². The number of nitrogens with two attached hydrogens (primary N) is 3. The Hall–Kier alpha value is -0.750. The zero-order valence-electron chi connectivity index (χ0n) is 99.0. The maximum atomic E-state index is 11.3. The third kappa shape index (κ3) is 44.0. The molecule has 147 heavy (non-hydrogen) atoms. The summed E-state index contributed by atoms with van der Waals surface area (Å²) in [6.07, 6.45) is 149. The van der Waals surface area contributed by atoms with E-state index in [0.717, 1.165) is 87.3 Å². The fraction of sp³-hybridized carbons (Fsp3) is 0.971. The molecule has 0 aliphatic heterocycles. The van der Waals surface area contributed by atoms with Crippen LogP contribution in [0.3, 0.4) is 0 Å². The number of Topliss-reactive ketones (excluding diaryl/α,β-unsaturated/α-hetero) is 3. The third-order valence-corrected chi connectivity index (χ3v) is 48.8. The van der Waals surface area contributed by atoms with E-state index < -0.39 is 0 Å². The van der Waals surface area contributed by atoms with E-state index >= 15 is 0 Å². The molecule has 22 fully saturated rings. The largest absolute Gasteiger partial charge is 0.693 e. The molecule has 856 valence electrons. The molecular weight excluding hydrogens is 1860 g/mol. The predicted octanol–water partition coefficient (Wildman–Crippen LogP) is 48.0. The Morgan fingerprint density at radius 3 is 0.741 bits per heavy atom. The number of rotatable bonds is 3. The molecule has 3 unspecified atom stereocenters. The van der Waals surface area contributed by atoms with Gasteiger partial charge in [0, 0.05) is 53.7 Å². The standard InChI is InChI=1S/2C13H23Cl.C13H22O.2C13H24.C12H21Cl.C12H19N.2C12H20O.2C12H22.3H2N/c1-11(14)12-5-9-13(10-6-12)7-3-2-4-8-13;14-12-6-5-10-13(11-7-12)8-3-1-2-4-9-13;1-11(14)12-5-9-13(10-6-12)7-3-2-4-8-13;1-12(2)8-10-13(11-9-12)6-4-3-5-7-13;1-2-12-6-10-13(11-7-12)8-4-3-5-9-13;13-11-5-4-9-12(10-6-11)7-2-1-3-8-12;13-10-11-4-8-12(9-5-11)6-2-1-3-7-12;2*13-11-5-4-9-12(10-6-11)7-2-1-3-8-12;2*1-11-5-9-12(10-6-11)7-3-2-4-8-12;;;/h11-12H,2-10H2,1H3;12H,1-11H2;12H,2-10H2,1H3;3-11H2,1-2H3;12H,2-11H2,1H3;11H,1-10H2;11H,1-9H2;2*1-10H2;2*11H,2-10H2,1H3;3*1H2/q;;;;;;;;;;;3*-1. The van der Waals surface area contributed by atoms with Gasteiger partial charge in [-0.3, -0.25) is 14.4 Å². The predicted molar refractivity (Wildman–Crippen MR) is 640 cm³/mol. The number of carbonyl (C=O) groups is 3. The van der Waals surface area contributed by atoms with Crippen molar-refractivity contribution in [2.24, 2.45) is 100 Å². The first kappa shape index (κ1) is 130. The lowest BCUT2D eigenvalue weighted by Crippen LogP contribution is -2.32. The number of halogens is 3. The lowest BCUT2D eigenvalue weighted by Gasteiger charge is -2.46. The second kappa shape index (κ2) is 66.5. The maximum Gasteiger partial charge on any atom is 0.132 e. The first-order valence-electron chi connectivity index (χ1n) is 66.5. The van der Waals surface area contributed by atoms with Gasteiger partial charge >= 0.3 is 0 Å². The fourth-order valence-electron chi connectivity index (χ4n) is 36.1. The van der Waals surface area contributed by atoms with Gasteiger partial charge in [0.2, 0.25) is 0 Å². The number of carbonyl (C=O) groups excluding carboxylic acids is 3. The summed E-state index contributed by atoms with van der Waals surface area (Å²) in [6.45, 7) is 16.1. The lowest BCUT2D eigenvalue weighted by molar-refractivity contribution is -0.122. The van der Waals surface area contributed by atoms with Crippen LogP contribution in [0.4, 0.5) is 0 Å². The quantitative estimate of drug-likeness (QED) is 0.256. The number of ketones is 3. The van der Waals surface area contributed by atoms with Crippen molar-refractivity contribution in [2.75, 3.05) is 0 Å². The molecule has 6 N–H and O–H groups in total. The van der Waals surface area contributed by atoms with Crippen LogP contribution in [0.15, 0.2) is 0 Å². The van der Waals surface area contributed by atoms with Gasteiger partial charge in [-0.2, -0.15) is 5.26 Å². The number of nitriles is 1. The molecule has 10 heteroatoms. The van der Waals surface area contributed by atoms with Crippen molar-refractivity contribution in [3.05, 3.63) is 18.5 Å². The first-order chi connectivity index (χ1) is 69.6. The van der Waals surface area contributed by atoms with E-state index in [1.807, 2.05) is 0 Å². The van der Waals surface area contributed by atoms with Crippen molar-refractivity contribution in [2.45, 2.75) is 739 Å². The van der Waals surface area contributed by atoms with Crippen molar-refractivity contribution in [1.82, 2.24) is 0 Å². The molecular formula is C137H246Cl3N4O3-3. The Bertz CT molecular complexity index is 3370. The van der Waals surface area contributed by atoms with Crippen LogP contribution in [-0.2, 0) is 14.4 Å². The van der Waals surface area contributed by atoms with E-state index in [1.54, 1.807) is 96.8 Å². The van der Waals surface area contributed by atoms with Gasteiger partial charge in [-0.25, -0.2) is 0 Å². The smallest absolute Gasteiger partial charge is 0.132 e. The van der Waals surface area contributed by atoms with Crippen LogP contribution >= 0.6 is 34.8 Å². The van der Waals surface area contributed by atoms with Crippen molar-refractivity contribution in [3.8, 4) is 6.07 Å². The minimum absolute atomic E-state index is 0. The summed E-state index contributed by atoms with van der Waals surface area (Å²) >= 11 is 18.7. The van der Waals surface area contributed by atoms with E-state index in [-0.39, 0.29) is 18.5 Å². The summed E-state index contributed by atoms with van der Waals surface area (Å²) in [7, 11) is 0. The molecule has 0 radical (unpaired) electrons. The Kier molecular flexibility index (Phi) is 58.6. The molecule has 3 atom stereocenters. The number of hydrogen-bond donors (Lipinski definition) is 0. The summed E-state index contributed by atoms with van der Waals surface area (Å²) in [5, 5.41) is 10.2. The zero-order valence-corrected chi connectivity index (χ0v) is 101. The summed E-state index contributed by atoms with van der Waals surface area (Å²) in [4.78, 5) is 33.9. The van der Waals surface area contributed by atoms with Crippen LogP contribution in [0.5, 0.6) is 0 Å². The minimum Gasteiger partial charge on any atom is -0.693 e. The highest BCUT2D eigenvalue weighted by Gasteiger charge is 2.46. The lowest BCUT2D eigenvalue weighted by atomic mass is 9.60. The van der Waals surface area contributed by atoms with Crippen molar-refractivity contribution in [1.29, 1.82) is 5.26 Å². The van der Waals surface area contributed by atoms with Crippen LogP contribution in [0, 0.1) is 112 Å². The van der Waals surface area contributed by atoms with Gasteiger partial charge < -0.3 is 18.5 Å². The highest BCUT2D eigenvalue weighted by atomic mass is 35.5. The average Bonchev–Trinajstić information content (AvgIpc) is 1.31. The average molecular weight is 2100 g/mol. The third-order valence-electron chi connectivity index (χ3n) is 47.6. The molecule has 22 saturated carbocycles. The number of hydrogen-bond acceptors (Lipinski definition) is 4. The Labute approximate surface area is 928 Å². The van der Waals surface area contributed by atoms with Gasteiger partial charge in [0.1, 0.15) is 17.3 Å². The molecule has 22 aliphatic rings. The van der Waals surface area contributed by atoms with Crippen LogP contribution < -0.4 is 0 Å². The minimum atomic E-state index is 0. The second-order valence-corrected chi connectivity index (χ2v) is 60.5. The first-order valence-corrected chi connectivity index (χ1v) is 67.8. The number of nitrogens with zero attached hydrogens (tertiary/aromatic N) is 1. The van der Waals surface area contributed by atoms with Gasteiger partial charge in [0.15, 0.2) is 0 Å². The molecule has 0 amide bonds. The van der Waals surface area contributed by atoms with Crippen LogP contribution in [-0.4, -0.2) is 33.5 Å². The molecule has 0 aromatic rings. The van der Waals surface area contributed by atoms with Gasteiger partial charge in [-0.05, 0) is 488 Å². The second-order valence-electron chi connectivity index (χ2n) is 58.5. The molecule has 22 aliphatic carbocycles. The highest BCUT2D eigenvalue weighted by Crippen LogP contribution is 2.59. The zero-order chi connectivity index (χ0) is 102. The summed E-state index contributed by atoms with van der Waals surface area (Å²) in [5.74, 6) is 6.18. The summed E-state index contributed by atoms with van der Waals surface area (Å²) in [5.41, 5.74) is 8.77. The molecule has 0 heterocycles. The Balaban J connectivity index is 0.000000179. The van der Waals surface area contributed by atoms with Crippen LogP contribution in [0.25, 0.3) is 18.5 Å². The molecule has 11 spiro atoms. The Morgan fingerprint density at radius 2 is 0.483 bits per heavy atom. The van der Waals surface area contributed by atoms with Gasteiger partial charge in [0.05, 0.1) is 6.07 Å². The topological polar surface area (TPSA) is 176 Å². The van der Waals surface area contributed by atoms with Gasteiger partial charge in [0.25, 0.3) is 0 Å². The van der Waals surface area contributed by atoms with Gasteiger partial charge in [-0.15, -0.1) is 34.8 Å². The van der Waals surface area contributed by atoms with Crippen molar-refractivity contribution >= 4 is 52.2 Å². The van der Waals surface area contributed by atoms with E-state index in [2.05, 4.69) is 47.6 Å². The highest BCUT2D eigenvalue weighted by molar-refractivity contribution is 6.21. The number of alkyl halides is 3. The SMILES string of the molecule is CC(=O)C1CCC2(CCCCC2)CC1.CC(Cl)C1CCC2(CCCCC2)CC1.CC1(C)CCC2(CCCCC2)CC1.CC1CCC2(CCCCC2)CC1.CC1CCC2(CCCCC2)CC1.CCC1CCC2(CCCCC2)CC1.ClC1CCCC2(CCCCC2)CC1.ClC1CCCC2(CCCCCC2)CC1.N#CC1CCC2(CCCCC2)CC1.O=C1CCCC2(CCCCC2)CC1.O=C1CCCC2(CCCCC2)CC1.[NH2-].[NH2-].[NH2-]. The van der Waals surface area contributed by atoms with Crippen LogP contribution in [0.1, 0.15) is 723 Å². The molecule has 0 saturated heterocycles. The van der Waals surface area contributed by atoms with E-state index in [4.69, 9.17) is 40.1 Å². The monoisotopic (exact) mass is 2100 g/mol. The Morgan fingerprint density at radius 1 is 0.272 bits per heavy atom. The normalized spacial score (nSPS) is 29.8. The van der Waals surface area contributed by atoms with Crippen molar-refractivity contribution in [3.63, 3.8) is 0 Å². The molecule has 0 aromatic carbocycles. The van der Waals surface area contributed by atoms with Crippen molar-refractivity contribution < 1.29 is 14.4 Å². The molecule has 0 bridgehead atoms. The maximum absolute atomic E-state index is 11.3. The molecule has 7 nitrogen and oxygen atoms in total. The van der Waals surface area contributed by atoms with Crippen LogP contribution in [0.2, 0.25) is 0 Å². The molecule has 22 rings (SSSR count). The summed E-state index contributed by atoms with van der Waals surface area (Å²) < 4.78 is 0. The molecule has 0 aromatic heterocycles. The summed E-state index contributed by atoms with van der Waals surface area (Å²) in [6, 6.07) is 2.43. The van der Waals surface area contributed by atoms with E-state index in [1.165, 1.54) is 559 Å². The van der Waals surface area contributed by atoms with E-state index in [0.29, 0.717) is 72.4 Å². The van der Waals surface area contributed by atoms with E-state index in [9.17, 15) is 14.4 Å².